The first-order valence-electron chi connectivity index (χ1n) is 6.20. The molecule has 0 aromatic rings. The largest absolute Gasteiger partial charge is 0.478 e. The van der Waals surface area contributed by atoms with E-state index in [0.717, 1.165) is 12.5 Å². The van der Waals surface area contributed by atoms with Crippen molar-refractivity contribution < 1.29 is 24.5 Å². The quantitative estimate of drug-likeness (QED) is 0.480. The Hall–Kier alpha value is -1.66. The van der Waals surface area contributed by atoms with E-state index in [2.05, 4.69) is 17.9 Å². The van der Waals surface area contributed by atoms with Gasteiger partial charge in [-0.1, -0.05) is 20.1 Å². The van der Waals surface area contributed by atoms with Crippen LogP contribution in [0, 0.1) is 0 Å². The zero-order valence-electron chi connectivity index (χ0n) is 12.4. The second kappa shape index (κ2) is 10.2. The van der Waals surface area contributed by atoms with Gasteiger partial charge >= 0.3 is 11.9 Å². The first kappa shape index (κ1) is 20.7. The van der Waals surface area contributed by atoms with Crippen molar-refractivity contribution in [2.24, 2.45) is 5.73 Å². The first-order valence-corrected chi connectivity index (χ1v) is 6.20. The number of carboxylic acid groups (broad SMARTS) is 1. The number of hydrogen-bond donors (Lipinski definition) is 3. The summed E-state index contributed by atoms with van der Waals surface area (Å²) in [6.07, 6.45) is 1.52. The molecule has 0 rings (SSSR count). The summed E-state index contributed by atoms with van der Waals surface area (Å²) in [5, 5.41) is 17.4. The lowest BCUT2D eigenvalue weighted by Gasteiger charge is -2.25. The monoisotopic (exact) mass is 287 g/mol. The molecular weight excluding hydrogens is 262 g/mol. The van der Waals surface area contributed by atoms with Crippen molar-refractivity contribution in [3.63, 3.8) is 0 Å². The van der Waals surface area contributed by atoms with E-state index in [1.165, 1.54) is 6.92 Å². The van der Waals surface area contributed by atoms with E-state index in [1.54, 1.807) is 0 Å². The third-order valence-corrected chi connectivity index (χ3v) is 2.46. The summed E-state index contributed by atoms with van der Waals surface area (Å²) in [6.45, 7) is 11.6. The van der Waals surface area contributed by atoms with Crippen LogP contribution in [-0.4, -0.2) is 40.4 Å². The predicted molar refractivity (Wildman–Crippen MR) is 77.1 cm³/mol. The lowest BCUT2D eigenvalue weighted by atomic mass is 9.93. The van der Waals surface area contributed by atoms with Gasteiger partial charge in [-0.2, -0.15) is 0 Å². The summed E-state index contributed by atoms with van der Waals surface area (Å²) in [5.41, 5.74) is 5.59. The molecule has 0 aromatic heterocycles. The Labute approximate surface area is 119 Å². The van der Waals surface area contributed by atoms with Gasteiger partial charge in [-0.05, 0) is 26.7 Å². The first-order chi connectivity index (χ1) is 9.05. The van der Waals surface area contributed by atoms with Crippen LogP contribution in [0.1, 0.15) is 33.6 Å². The number of aliphatic hydroxyl groups is 1. The van der Waals surface area contributed by atoms with E-state index in [1.807, 2.05) is 13.8 Å². The average molecular weight is 287 g/mol. The van der Waals surface area contributed by atoms with Gasteiger partial charge in [0.2, 0.25) is 0 Å². The molecule has 0 radical (unpaired) electrons. The van der Waals surface area contributed by atoms with Crippen LogP contribution >= 0.6 is 0 Å². The maximum absolute atomic E-state index is 10.7. The molecule has 4 N–H and O–H groups in total. The van der Waals surface area contributed by atoms with Gasteiger partial charge in [-0.25, -0.2) is 9.59 Å². The van der Waals surface area contributed by atoms with E-state index in [9.17, 15) is 14.7 Å². The fraction of sp³-hybridized carbons (Fsp3) is 0.571. The summed E-state index contributed by atoms with van der Waals surface area (Å²) < 4.78 is 4.68. The lowest BCUT2D eigenvalue weighted by molar-refractivity contribution is -0.141. The zero-order chi connectivity index (χ0) is 16.3. The van der Waals surface area contributed by atoms with Gasteiger partial charge in [0, 0.05) is 17.2 Å². The summed E-state index contributed by atoms with van der Waals surface area (Å²) in [4.78, 5) is 20.3. The molecule has 2 atom stereocenters. The molecule has 0 bridgehead atoms. The summed E-state index contributed by atoms with van der Waals surface area (Å²) in [6, 6.07) is 0. The van der Waals surface area contributed by atoms with Crippen molar-refractivity contribution in [2.45, 2.75) is 45.3 Å². The summed E-state index contributed by atoms with van der Waals surface area (Å²) in [5.74, 6) is -1.46. The molecule has 0 fully saturated rings. The number of aliphatic hydroxyl groups excluding tert-OH is 1. The summed E-state index contributed by atoms with van der Waals surface area (Å²) >= 11 is 0. The van der Waals surface area contributed by atoms with Crippen LogP contribution in [0.15, 0.2) is 24.8 Å². The van der Waals surface area contributed by atoms with Crippen LogP contribution in [0.4, 0.5) is 0 Å². The van der Waals surface area contributed by atoms with Crippen molar-refractivity contribution in [2.75, 3.05) is 6.61 Å². The van der Waals surface area contributed by atoms with Gasteiger partial charge in [0.15, 0.2) is 0 Å². The number of carboxylic acids is 1. The number of hydrogen-bond acceptors (Lipinski definition) is 5. The third kappa shape index (κ3) is 12.8. The number of rotatable bonds is 7. The normalized spacial score (nSPS) is 14.1. The van der Waals surface area contributed by atoms with Crippen LogP contribution in [0.2, 0.25) is 0 Å². The van der Waals surface area contributed by atoms with Crippen LogP contribution in [0.25, 0.3) is 0 Å². The van der Waals surface area contributed by atoms with E-state index >= 15 is 0 Å². The molecule has 0 saturated heterocycles. The molecule has 0 aliphatic heterocycles. The Morgan fingerprint density at radius 1 is 1.50 bits per heavy atom. The van der Waals surface area contributed by atoms with Gasteiger partial charge in [-0.15, -0.1) is 0 Å². The molecule has 0 amide bonds. The Kier molecular flexibility index (Phi) is 10.5. The fourth-order valence-corrected chi connectivity index (χ4v) is 0.979. The predicted octanol–water partition coefficient (Wildman–Crippen LogP) is 1.24. The highest BCUT2D eigenvalue weighted by atomic mass is 16.5. The van der Waals surface area contributed by atoms with Crippen molar-refractivity contribution in [3.8, 4) is 0 Å². The van der Waals surface area contributed by atoms with E-state index in [4.69, 9.17) is 10.8 Å². The minimum Gasteiger partial charge on any atom is -0.478 e. The Balaban J connectivity index is 0. The molecule has 6 heteroatoms. The van der Waals surface area contributed by atoms with Gasteiger partial charge in [0.05, 0.1) is 6.10 Å². The molecule has 20 heavy (non-hydrogen) atoms. The van der Waals surface area contributed by atoms with Crippen LogP contribution in [-0.2, 0) is 14.3 Å². The molecule has 0 aliphatic rings. The van der Waals surface area contributed by atoms with Gasteiger partial charge in [0.1, 0.15) is 6.61 Å². The topological polar surface area (TPSA) is 110 Å². The van der Waals surface area contributed by atoms with Crippen LogP contribution < -0.4 is 5.73 Å². The Morgan fingerprint density at radius 3 is 2.25 bits per heavy atom. The van der Waals surface area contributed by atoms with Crippen molar-refractivity contribution in [1.29, 1.82) is 0 Å². The Bertz CT molecular complexity index is 337. The lowest BCUT2D eigenvalue weighted by Crippen LogP contribution is -2.40. The smallest absolute Gasteiger partial charge is 0.330 e. The van der Waals surface area contributed by atoms with Crippen molar-refractivity contribution in [3.05, 3.63) is 24.8 Å². The standard InChI is InChI=1S/C10H19NO3.C4H6O2/c1-4-9(13)14-7-8(12)6-10(3,11)5-2;1-3(2)4(5)6/h4,8,12H,1,5-7,11H2,2-3H3;1H2,2H3,(H,5,6). The SMILES string of the molecule is C=C(C)C(=O)O.C=CC(=O)OCC(O)CC(C)(N)CC. The maximum Gasteiger partial charge on any atom is 0.330 e. The molecule has 0 heterocycles. The molecule has 0 aromatic carbocycles. The molecule has 6 nitrogen and oxygen atoms in total. The number of nitrogens with two attached hydrogens (primary N) is 1. The average Bonchev–Trinajstić information content (AvgIpc) is 2.36. The molecular formula is C14H25NO5. The number of carbonyl (C=O) groups is 2. The number of esters is 1. The summed E-state index contributed by atoms with van der Waals surface area (Å²) in [7, 11) is 0. The Morgan fingerprint density at radius 2 is 1.95 bits per heavy atom. The van der Waals surface area contributed by atoms with Crippen LogP contribution in [0.5, 0.6) is 0 Å². The third-order valence-electron chi connectivity index (χ3n) is 2.46. The fourth-order valence-electron chi connectivity index (χ4n) is 0.979. The zero-order valence-corrected chi connectivity index (χ0v) is 12.4. The molecule has 116 valence electrons. The van der Waals surface area contributed by atoms with Crippen LogP contribution in [0.3, 0.4) is 0 Å². The van der Waals surface area contributed by atoms with Gasteiger partial charge in [0.25, 0.3) is 0 Å². The minimum absolute atomic E-state index is 0.0301. The number of carbonyl (C=O) groups excluding carboxylic acids is 1. The number of aliphatic carboxylic acids is 1. The van der Waals surface area contributed by atoms with Gasteiger partial charge in [-0.3, -0.25) is 0 Å². The van der Waals surface area contributed by atoms with Crippen molar-refractivity contribution >= 4 is 11.9 Å². The van der Waals surface area contributed by atoms with Crippen molar-refractivity contribution in [1.82, 2.24) is 0 Å². The van der Waals surface area contributed by atoms with Gasteiger partial charge < -0.3 is 20.7 Å². The second-order valence-corrected chi connectivity index (χ2v) is 4.79. The molecule has 0 saturated carbocycles. The highest BCUT2D eigenvalue weighted by Crippen LogP contribution is 2.13. The highest BCUT2D eigenvalue weighted by molar-refractivity contribution is 5.84. The van der Waals surface area contributed by atoms with E-state index < -0.39 is 23.6 Å². The highest BCUT2D eigenvalue weighted by Gasteiger charge is 2.21. The second-order valence-electron chi connectivity index (χ2n) is 4.79. The molecule has 0 spiro atoms. The molecule has 2 unspecified atom stereocenters. The van der Waals surface area contributed by atoms with E-state index in [-0.39, 0.29) is 12.2 Å². The molecule has 0 aliphatic carbocycles. The van der Waals surface area contributed by atoms with E-state index in [0.29, 0.717) is 6.42 Å². The maximum atomic E-state index is 10.7. The number of ether oxygens (including phenoxy) is 1. The minimum atomic E-state index is -0.935.